The monoisotopic (exact) mass is 451 g/mol. The number of thiocarbonyl (C=S) groups is 1. The molecule has 0 spiro atoms. The summed E-state index contributed by atoms with van der Waals surface area (Å²) >= 11 is 11.2. The molecule has 0 aliphatic carbocycles. The minimum Gasteiger partial charge on any atom is -0.332 e. The van der Waals surface area contributed by atoms with Gasteiger partial charge in [-0.1, -0.05) is 41.4 Å². The highest BCUT2D eigenvalue weighted by Gasteiger charge is 2.04. The second kappa shape index (κ2) is 10.6. The van der Waals surface area contributed by atoms with Gasteiger partial charge in [0.05, 0.1) is 5.71 Å². The zero-order valence-corrected chi connectivity index (χ0v) is 18.6. The maximum absolute atomic E-state index is 12.0. The van der Waals surface area contributed by atoms with Gasteiger partial charge in [-0.15, -0.1) is 0 Å². The quantitative estimate of drug-likeness (QED) is 0.218. The number of aryl methyl sites for hydroxylation is 1. The fourth-order valence-corrected chi connectivity index (χ4v) is 2.98. The van der Waals surface area contributed by atoms with Gasteiger partial charge in [0.15, 0.2) is 5.11 Å². The first-order valence-corrected chi connectivity index (χ1v) is 10.3. The SMILES string of the molecule is C/C(=N\NC(=O)Nc1ccc(Cl)cc1)c1ccc(NC(=S)Nc2ccc(C)cc2)cc1. The maximum Gasteiger partial charge on any atom is 0.339 e. The van der Waals surface area contributed by atoms with Crippen molar-refractivity contribution in [2.75, 3.05) is 16.0 Å². The van der Waals surface area contributed by atoms with E-state index in [0.29, 0.717) is 21.5 Å². The summed E-state index contributed by atoms with van der Waals surface area (Å²) in [6, 6.07) is 21.9. The lowest BCUT2D eigenvalue weighted by molar-refractivity contribution is 0.252. The van der Waals surface area contributed by atoms with Crippen molar-refractivity contribution < 1.29 is 4.79 Å². The third-order valence-corrected chi connectivity index (χ3v) is 4.75. The van der Waals surface area contributed by atoms with Crippen LogP contribution in [0.2, 0.25) is 5.02 Å². The van der Waals surface area contributed by atoms with Crippen molar-refractivity contribution in [2.45, 2.75) is 13.8 Å². The molecule has 0 saturated carbocycles. The molecule has 31 heavy (non-hydrogen) atoms. The Bertz CT molecular complexity index is 1080. The number of carbonyl (C=O) groups is 1. The maximum atomic E-state index is 12.0. The molecule has 0 bridgehead atoms. The van der Waals surface area contributed by atoms with Crippen LogP contribution >= 0.6 is 23.8 Å². The zero-order valence-electron chi connectivity index (χ0n) is 17.1. The van der Waals surface area contributed by atoms with Gasteiger partial charge in [0.1, 0.15) is 0 Å². The summed E-state index contributed by atoms with van der Waals surface area (Å²) in [6.45, 7) is 3.85. The largest absolute Gasteiger partial charge is 0.339 e. The van der Waals surface area contributed by atoms with E-state index < -0.39 is 6.03 Å². The van der Waals surface area contributed by atoms with E-state index in [1.54, 1.807) is 24.3 Å². The standard InChI is InChI=1S/C23H22ClN5OS/c1-15-3-9-20(10-4-15)26-23(31)27-21-11-5-17(6-12-21)16(2)28-29-22(30)25-19-13-7-18(24)8-14-19/h3-14H,1-2H3,(H2,25,29,30)(H2,26,27,31)/b28-16+. The van der Waals surface area contributed by atoms with Crippen molar-refractivity contribution >= 4 is 57.7 Å². The number of amides is 2. The first kappa shape index (κ1) is 22.3. The molecular weight excluding hydrogens is 430 g/mol. The zero-order chi connectivity index (χ0) is 22.2. The van der Waals surface area contributed by atoms with Gasteiger partial charge in [0.25, 0.3) is 0 Å². The van der Waals surface area contributed by atoms with Crippen LogP contribution < -0.4 is 21.4 Å². The Morgan fingerprint density at radius 3 is 1.87 bits per heavy atom. The van der Waals surface area contributed by atoms with Gasteiger partial charge >= 0.3 is 6.03 Å². The molecule has 0 heterocycles. The fraction of sp³-hybridized carbons (Fsp3) is 0.0870. The highest BCUT2D eigenvalue weighted by atomic mass is 35.5. The second-order valence-corrected chi connectivity index (χ2v) is 7.64. The van der Waals surface area contributed by atoms with E-state index in [-0.39, 0.29) is 0 Å². The lowest BCUT2D eigenvalue weighted by Gasteiger charge is -2.11. The van der Waals surface area contributed by atoms with Gasteiger partial charge in [-0.25, -0.2) is 10.2 Å². The molecule has 3 rings (SSSR count). The summed E-state index contributed by atoms with van der Waals surface area (Å²) in [5, 5.41) is 14.2. The number of hydrazone groups is 1. The molecule has 0 aliphatic rings. The van der Waals surface area contributed by atoms with E-state index in [1.807, 2.05) is 62.4 Å². The lowest BCUT2D eigenvalue weighted by Crippen LogP contribution is -2.25. The molecule has 0 aromatic heterocycles. The number of benzene rings is 3. The smallest absolute Gasteiger partial charge is 0.332 e. The van der Waals surface area contributed by atoms with E-state index in [1.165, 1.54) is 5.56 Å². The number of carbonyl (C=O) groups excluding carboxylic acids is 1. The Labute approximate surface area is 191 Å². The predicted molar refractivity (Wildman–Crippen MR) is 133 cm³/mol. The van der Waals surface area contributed by atoms with Crippen molar-refractivity contribution in [1.29, 1.82) is 0 Å². The van der Waals surface area contributed by atoms with Crippen LogP contribution in [-0.4, -0.2) is 16.9 Å². The minimum absolute atomic E-state index is 0.438. The minimum atomic E-state index is -0.438. The Balaban J connectivity index is 1.52. The van der Waals surface area contributed by atoms with Gasteiger partial charge in [-0.05, 0) is 80.2 Å². The average molecular weight is 452 g/mol. The van der Waals surface area contributed by atoms with E-state index in [9.17, 15) is 4.79 Å². The number of rotatable bonds is 5. The number of nitrogens with one attached hydrogen (secondary N) is 4. The Morgan fingerprint density at radius 1 is 0.806 bits per heavy atom. The Morgan fingerprint density at radius 2 is 1.29 bits per heavy atom. The van der Waals surface area contributed by atoms with Gasteiger partial charge in [-0.2, -0.15) is 5.10 Å². The Hall–Kier alpha value is -3.42. The highest BCUT2D eigenvalue weighted by Crippen LogP contribution is 2.14. The summed E-state index contributed by atoms with van der Waals surface area (Å²) in [7, 11) is 0. The third kappa shape index (κ3) is 7.09. The van der Waals surface area contributed by atoms with Gasteiger partial charge < -0.3 is 16.0 Å². The molecule has 2 amide bonds. The van der Waals surface area contributed by atoms with Crippen LogP contribution in [0.5, 0.6) is 0 Å². The molecule has 4 N–H and O–H groups in total. The number of anilines is 3. The summed E-state index contributed by atoms with van der Waals surface area (Å²) in [6.07, 6.45) is 0. The van der Waals surface area contributed by atoms with Crippen LogP contribution in [0.25, 0.3) is 0 Å². The molecule has 158 valence electrons. The number of hydrogen-bond acceptors (Lipinski definition) is 3. The normalized spacial score (nSPS) is 10.9. The lowest BCUT2D eigenvalue weighted by atomic mass is 10.1. The second-order valence-electron chi connectivity index (χ2n) is 6.79. The van der Waals surface area contributed by atoms with Gasteiger partial charge in [0.2, 0.25) is 0 Å². The van der Waals surface area contributed by atoms with Crippen molar-refractivity contribution in [1.82, 2.24) is 5.43 Å². The molecule has 0 unspecified atom stereocenters. The molecule has 3 aromatic carbocycles. The average Bonchev–Trinajstić information content (AvgIpc) is 2.76. The summed E-state index contributed by atoms with van der Waals surface area (Å²) in [4.78, 5) is 12.0. The van der Waals surface area contributed by atoms with Crippen LogP contribution in [0.15, 0.2) is 77.9 Å². The summed E-state index contributed by atoms with van der Waals surface area (Å²) in [5.74, 6) is 0. The fourth-order valence-electron chi connectivity index (χ4n) is 2.62. The van der Waals surface area contributed by atoms with Crippen molar-refractivity contribution in [3.8, 4) is 0 Å². The molecule has 0 saturated heterocycles. The number of urea groups is 1. The number of nitrogens with zero attached hydrogens (tertiary/aromatic N) is 1. The molecule has 3 aromatic rings. The van der Waals surface area contributed by atoms with E-state index in [0.717, 1.165) is 16.9 Å². The van der Waals surface area contributed by atoms with Crippen molar-refractivity contribution in [3.05, 3.63) is 88.9 Å². The molecule has 6 nitrogen and oxygen atoms in total. The molecule has 0 aliphatic heterocycles. The first-order valence-electron chi connectivity index (χ1n) is 9.51. The van der Waals surface area contributed by atoms with Crippen LogP contribution in [0, 0.1) is 6.92 Å². The molecule has 8 heteroatoms. The molecule has 0 radical (unpaired) electrons. The topological polar surface area (TPSA) is 77.5 Å². The molecule has 0 atom stereocenters. The summed E-state index contributed by atoms with van der Waals surface area (Å²) < 4.78 is 0. The van der Waals surface area contributed by atoms with Crippen LogP contribution in [-0.2, 0) is 0 Å². The van der Waals surface area contributed by atoms with Crippen LogP contribution in [0.4, 0.5) is 21.9 Å². The van der Waals surface area contributed by atoms with E-state index >= 15 is 0 Å². The van der Waals surface area contributed by atoms with Crippen LogP contribution in [0.1, 0.15) is 18.1 Å². The molecule has 0 fully saturated rings. The Kier molecular flexibility index (Phi) is 7.59. The van der Waals surface area contributed by atoms with Gasteiger partial charge in [0, 0.05) is 22.1 Å². The predicted octanol–water partition coefficient (Wildman–Crippen LogP) is 6.00. The van der Waals surface area contributed by atoms with Crippen molar-refractivity contribution in [2.24, 2.45) is 5.10 Å². The molecular formula is C23H22ClN5OS. The van der Waals surface area contributed by atoms with E-state index in [4.69, 9.17) is 23.8 Å². The highest BCUT2D eigenvalue weighted by molar-refractivity contribution is 7.80. The number of halogens is 1. The number of hydrogen-bond donors (Lipinski definition) is 4. The summed E-state index contributed by atoms with van der Waals surface area (Å²) in [5.41, 5.74) is 7.59. The van der Waals surface area contributed by atoms with Crippen LogP contribution in [0.3, 0.4) is 0 Å². The van der Waals surface area contributed by atoms with E-state index in [2.05, 4.69) is 26.5 Å². The first-order chi connectivity index (χ1) is 14.9. The van der Waals surface area contributed by atoms with Crippen molar-refractivity contribution in [3.63, 3.8) is 0 Å². The third-order valence-electron chi connectivity index (χ3n) is 4.30. The van der Waals surface area contributed by atoms with Gasteiger partial charge in [-0.3, -0.25) is 0 Å².